The minimum absolute atomic E-state index is 0.104. The van der Waals surface area contributed by atoms with Gasteiger partial charge in [0.15, 0.2) is 0 Å². The van der Waals surface area contributed by atoms with E-state index in [4.69, 9.17) is 4.74 Å². The molecule has 0 saturated carbocycles. The molecular weight excluding hydrogens is 370 g/mol. The van der Waals surface area contributed by atoms with Crippen LogP contribution in [0.4, 0.5) is 5.69 Å². The van der Waals surface area contributed by atoms with Gasteiger partial charge >= 0.3 is 5.97 Å². The highest BCUT2D eigenvalue weighted by Crippen LogP contribution is 2.14. The van der Waals surface area contributed by atoms with Crippen LogP contribution in [0.15, 0.2) is 53.0 Å². The highest BCUT2D eigenvalue weighted by atomic mass is 79.9. The van der Waals surface area contributed by atoms with E-state index in [9.17, 15) is 9.59 Å². The summed E-state index contributed by atoms with van der Waals surface area (Å²) in [5.41, 5.74) is 2.06. The molecule has 0 fully saturated rings. The number of carbonyl (C=O) groups is 2. The molecule has 0 heterocycles. The minimum Gasteiger partial charge on any atom is -0.462 e. The fraction of sp³-hybridized carbons (Fsp3) is 0.263. The molecule has 0 aliphatic rings. The normalized spacial score (nSPS) is 10.5. The van der Waals surface area contributed by atoms with Crippen molar-refractivity contribution in [1.82, 2.24) is 0 Å². The molecule has 0 saturated heterocycles. The van der Waals surface area contributed by atoms with Crippen molar-refractivity contribution in [1.29, 1.82) is 0 Å². The van der Waals surface area contributed by atoms with Crippen molar-refractivity contribution in [3.8, 4) is 0 Å². The van der Waals surface area contributed by atoms with Crippen LogP contribution in [0.3, 0.4) is 0 Å². The van der Waals surface area contributed by atoms with Gasteiger partial charge in [0.05, 0.1) is 18.6 Å². The van der Waals surface area contributed by atoms with Crippen molar-refractivity contribution in [2.75, 3.05) is 11.9 Å². The predicted molar refractivity (Wildman–Crippen MR) is 98.0 cm³/mol. The average Bonchev–Trinajstić information content (AvgIpc) is 2.55. The van der Waals surface area contributed by atoms with Gasteiger partial charge in [0.2, 0.25) is 5.91 Å². The second kappa shape index (κ2) is 8.64. The summed E-state index contributed by atoms with van der Waals surface area (Å²) in [4.78, 5) is 23.9. The number of amides is 1. The first-order valence-corrected chi connectivity index (χ1v) is 8.55. The molecule has 5 heteroatoms. The Hall–Kier alpha value is -2.14. The van der Waals surface area contributed by atoms with Crippen LogP contribution < -0.4 is 5.32 Å². The van der Waals surface area contributed by atoms with Crippen molar-refractivity contribution in [3.63, 3.8) is 0 Å². The molecule has 1 amide bonds. The molecule has 0 aliphatic heterocycles. The quantitative estimate of drug-likeness (QED) is 0.742. The number of hydrogen-bond acceptors (Lipinski definition) is 3. The van der Waals surface area contributed by atoms with Crippen LogP contribution in [0.2, 0.25) is 0 Å². The van der Waals surface area contributed by atoms with Crippen molar-refractivity contribution in [2.45, 2.75) is 20.3 Å². The predicted octanol–water partition coefficient (Wildman–Crippen LogP) is 4.44. The van der Waals surface area contributed by atoms with Gasteiger partial charge in [0, 0.05) is 10.2 Å². The summed E-state index contributed by atoms with van der Waals surface area (Å²) < 4.78 is 6.15. The molecule has 0 aromatic heterocycles. The van der Waals surface area contributed by atoms with Crippen molar-refractivity contribution in [3.05, 3.63) is 64.1 Å². The van der Waals surface area contributed by atoms with Gasteiger partial charge in [-0.25, -0.2) is 4.79 Å². The third-order valence-corrected chi connectivity index (χ3v) is 3.76. The van der Waals surface area contributed by atoms with E-state index in [1.807, 2.05) is 38.1 Å². The molecule has 2 rings (SSSR count). The van der Waals surface area contributed by atoms with Crippen LogP contribution in [0.25, 0.3) is 0 Å². The van der Waals surface area contributed by atoms with Crippen LogP contribution in [0.1, 0.15) is 29.8 Å². The zero-order chi connectivity index (χ0) is 17.5. The number of hydrogen-bond donors (Lipinski definition) is 1. The van der Waals surface area contributed by atoms with E-state index < -0.39 is 0 Å². The monoisotopic (exact) mass is 389 g/mol. The number of benzene rings is 2. The maximum atomic E-state index is 12.0. The highest BCUT2D eigenvalue weighted by molar-refractivity contribution is 9.10. The maximum absolute atomic E-state index is 12.0. The summed E-state index contributed by atoms with van der Waals surface area (Å²) in [5.74, 6) is -0.157. The Kier molecular flexibility index (Phi) is 6.55. The first-order valence-electron chi connectivity index (χ1n) is 7.75. The van der Waals surface area contributed by atoms with E-state index in [1.165, 1.54) is 0 Å². The SMILES string of the molecule is CC(C)COC(=O)c1ccc(NC(=O)Cc2ccc(Br)cc2)cc1. The van der Waals surface area contributed by atoms with Gasteiger partial charge in [-0.1, -0.05) is 41.9 Å². The number of esters is 1. The smallest absolute Gasteiger partial charge is 0.338 e. The van der Waals surface area contributed by atoms with E-state index in [1.54, 1.807) is 24.3 Å². The van der Waals surface area contributed by atoms with Gasteiger partial charge in [-0.15, -0.1) is 0 Å². The molecule has 0 unspecified atom stereocenters. The molecule has 126 valence electrons. The molecule has 0 radical (unpaired) electrons. The topological polar surface area (TPSA) is 55.4 Å². The number of nitrogens with one attached hydrogen (secondary N) is 1. The van der Waals surface area contributed by atoms with E-state index >= 15 is 0 Å². The van der Waals surface area contributed by atoms with E-state index in [0.29, 0.717) is 30.2 Å². The van der Waals surface area contributed by atoms with Crippen LogP contribution in [0, 0.1) is 5.92 Å². The minimum atomic E-state index is -0.351. The van der Waals surface area contributed by atoms with Crippen molar-refractivity contribution in [2.24, 2.45) is 5.92 Å². The fourth-order valence-corrected chi connectivity index (χ4v) is 2.27. The first kappa shape index (κ1) is 18.2. The molecule has 2 aromatic rings. The van der Waals surface area contributed by atoms with Crippen LogP contribution in [0.5, 0.6) is 0 Å². The van der Waals surface area contributed by atoms with Crippen molar-refractivity contribution < 1.29 is 14.3 Å². The van der Waals surface area contributed by atoms with Gasteiger partial charge < -0.3 is 10.1 Å². The number of anilines is 1. The van der Waals surface area contributed by atoms with Gasteiger partial charge in [-0.2, -0.15) is 0 Å². The van der Waals surface area contributed by atoms with Crippen molar-refractivity contribution >= 4 is 33.5 Å². The number of rotatable bonds is 6. The van der Waals surface area contributed by atoms with Gasteiger partial charge in [0.1, 0.15) is 0 Å². The van der Waals surface area contributed by atoms with Crippen LogP contribution in [-0.2, 0) is 16.0 Å². The summed E-state index contributed by atoms with van der Waals surface area (Å²) in [6.45, 7) is 4.36. The lowest BCUT2D eigenvalue weighted by Gasteiger charge is -2.08. The third-order valence-electron chi connectivity index (χ3n) is 3.23. The largest absolute Gasteiger partial charge is 0.462 e. The lowest BCUT2D eigenvalue weighted by molar-refractivity contribution is -0.115. The molecule has 2 aromatic carbocycles. The summed E-state index contributed by atoms with van der Waals surface area (Å²) in [7, 11) is 0. The third kappa shape index (κ3) is 5.81. The number of halogens is 1. The molecule has 0 aliphatic carbocycles. The highest BCUT2D eigenvalue weighted by Gasteiger charge is 2.09. The lowest BCUT2D eigenvalue weighted by atomic mass is 10.1. The Bertz CT molecular complexity index is 694. The van der Waals surface area contributed by atoms with E-state index in [2.05, 4.69) is 21.2 Å². The second-order valence-electron chi connectivity index (χ2n) is 5.92. The fourth-order valence-electron chi connectivity index (χ4n) is 2.01. The molecule has 0 spiro atoms. The first-order chi connectivity index (χ1) is 11.4. The summed E-state index contributed by atoms with van der Waals surface area (Å²) >= 11 is 3.36. The Labute approximate surface area is 150 Å². The zero-order valence-electron chi connectivity index (χ0n) is 13.7. The average molecular weight is 390 g/mol. The standard InChI is InChI=1S/C19H20BrNO3/c1-13(2)12-24-19(23)15-5-9-17(10-6-15)21-18(22)11-14-3-7-16(20)8-4-14/h3-10,13H,11-12H2,1-2H3,(H,21,22). The molecule has 4 nitrogen and oxygen atoms in total. The van der Waals surface area contributed by atoms with Crippen LogP contribution >= 0.6 is 15.9 Å². The second-order valence-corrected chi connectivity index (χ2v) is 6.84. The van der Waals surface area contributed by atoms with E-state index in [0.717, 1.165) is 10.0 Å². The summed E-state index contributed by atoms with van der Waals surface area (Å²) in [5, 5.41) is 2.82. The Morgan fingerprint density at radius 1 is 1.04 bits per heavy atom. The molecule has 24 heavy (non-hydrogen) atoms. The van der Waals surface area contributed by atoms with Gasteiger partial charge in [-0.05, 0) is 47.9 Å². The maximum Gasteiger partial charge on any atom is 0.338 e. The Morgan fingerprint density at radius 2 is 1.67 bits per heavy atom. The van der Waals surface area contributed by atoms with E-state index in [-0.39, 0.29) is 11.9 Å². The lowest BCUT2D eigenvalue weighted by Crippen LogP contribution is -2.14. The van der Waals surface area contributed by atoms with Gasteiger partial charge in [0.25, 0.3) is 0 Å². The Balaban J connectivity index is 1.89. The zero-order valence-corrected chi connectivity index (χ0v) is 15.3. The summed E-state index contributed by atoms with van der Waals surface area (Å²) in [6.07, 6.45) is 0.297. The van der Waals surface area contributed by atoms with Crippen LogP contribution in [-0.4, -0.2) is 18.5 Å². The van der Waals surface area contributed by atoms with Gasteiger partial charge in [-0.3, -0.25) is 4.79 Å². The molecule has 0 atom stereocenters. The Morgan fingerprint density at radius 3 is 2.25 bits per heavy atom. The summed E-state index contributed by atoms with van der Waals surface area (Å²) in [6, 6.07) is 14.3. The molecular formula is C19H20BrNO3. The number of ether oxygens (including phenoxy) is 1. The molecule has 1 N–H and O–H groups in total. The molecule has 0 bridgehead atoms. The number of carbonyl (C=O) groups excluding carboxylic acids is 2.